The summed E-state index contributed by atoms with van der Waals surface area (Å²) in [6.07, 6.45) is 3.95. The highest BCUT2D eigenvalue weighted by Gasteiger charge is 2.17. The highest BCUT2D eigenvalue weighted by molar-refractivity contribution is 5.43. The van der Waals surface area contributed by atoms with Crippen LogP contribution < -0.4 is 4.90 Å². The second-order valence-electron chi connectivity index (χ2n) is 4.63. The van der Waals surface area contributed by atoms with Crippen molar-refractivity contribution < 1.29 is 9.84 Å². The molecule has 1 aliphatic heterocycles. The maximum Gasteiger partial charge on any atom is 0.0931 e. The van der Waals surface area contributed by atoms with Crippen molar-refractivity contribution in [3.05, 3.63) is 24.0 Å². The first-order valence-corrected chi connectivity index (χ1v) is 6.13. The zero-order chi connectivity index (χ0) is 12.3. The predicted octanol–water partition coefficient (Wildman–Crippen LogP) is 1.75. The van der Waals surface area contributed by atoms with Crippen LogP contribution in [0.2, 0.25) is 0 Å². The molecular formula is C13H20N2O2. The molecule has 0 saturated carbocycles. The Bertz CT molecular complexity index is 345. The Hall–Kier alpha value is -1.13. The Morgan fingerprint density at radius 2 is 2.41 bits per heavy atom. The number of pyridine rings is 1. The molecule has 4 heteroatoms. The van der Waals surface area contributed by atoms with Crippen molar-refractivity contribution in [3.63, 3.8) is 0 Å². The van der Waals surface area contributed by atoms with E-state index in [1.165, 1.54) is 0 Å². The van der Waals surface area contributed by atoms with E-state index in [9.17, 15) is 5.11 Å². The topological polar surface area (TPSA) is 45.6 Å². The molecule has 0 spiro atoms. The zero-order valence-electron chi connectivity index (χ0n) is 10.5. The van der Waals surface area contributed by atoms with E-state index < -0.39 is 6.10 Å². The first kappa shape index (κ1) is 12.3. The molecule has 1 aromatic heterocycles. The lowest BCUT2D eigenvalue weighted by atomic mass is 10.2. The number of rotatable bonds is 4. The number of hydrogen-bond donors (Lipinski definition) is 1. The van der Waals surface area contributed by atoms with Crippen molar-refractivity contribution in [1.82, 2.24) is 4.98 Å². The Morgan fingerprint density at radius 3 is 2.94 bits per heavy atom. The molecule has 1 N–H and O–H groups in total. The lowest BCUT2D eigenvalue weighted by Crippen LogP contribution is -2.28. The lowest BCUT2D eigenvalue weighted by Gasteiger charge is -2.22. The van der Waals surface area contributed by atoms with Crippen LogP contribution in [-0.2, 0) is 4.74 Å². The molecule has 1 aliphatic rings. The van der Waals surface area contributed by atoms with Crippen molar-refractivity contribution in [2.45, 2.75) is 32.0 Å². The monoisotopic (exact) mass is 236 g/mol. The summed E-state index contributed by atoms with van der Waals surface area (Å²) in [5.41, 5.74) is 1.77. The van der Waals surface area contributed by atoms with Crippen molar-refractivity contribution >= 4 is 5.69 Å². The SMILES string of the molecule is CC(O)c1ccc(N(C)CC2CCCO2)cn1. The van der Waals surface area contributed by atoms with E-state index in [0.717, 1.165) is 31.7 Å². The summed E-state index contributed by atoms with van der Waals surface area (Å²) in [5.74, 6) is 0. The van der Waals surface area contributed by atoms with Crippen LogP contribution in [0.3, 0.4) is 0 Å². The zero-order valence-corrected chi connectivity index (χ0v) is 10.5. The summed E-state index contributed by atoms with van der Waals surface area (Å²) in [6, 6.07) is 3.86. The van der Waals surface area contributed by atoms with Gasteiger partial charge >= 0.3 is 0 Å². The average molecular weight is 236 g/mol. The smallest absolute Gasteiger partial charge is 0.0931 e. The summed E-state index contributed by atoms with van der Waals surface area (Å²) >= 11 is 0. The van der Waals surface area contributed by atoms with E-state index in [1.807, 2.05) is 19.2 Å². The number of aliphatic hydroxyl groups is 1. The highest BCUT2D eigenvalue weighted by Crippen LogP contribution is 2.18. The van der Waals surface area contributed by atoms with Gasteiger partial charge in [0, 0.05) is 20.2 Å². The molecule has 4 nitrogen and oxygen atoms in total. The maximum atomic E-state index is 9.39. The summed E-state index contributed by atoms with van der Waals surface area (Å²) in [6.45, 7) is 3.51. The minimum absolute atomic E-state index is 0.344. The first-order chi connectivity index (χ1) is 8.16. The van der Waals surface area contributed by atoms with E-state index in [4.69, 9.17) is 4.74 Å². The molecule has 0 bridgehead atoms. The fourth-order valence-electron chi connectivity index (χ4n) is 2.07. The van der Waals surface area contributed by atoms with Gasteiger partial charge in [0.1, 0.15) is 0 Å². The van der Waals surface area contributed by atoms with Crippen LogP contribution in [0.25, 0.3) is 0 Å². The van der Waals surface area contributed by atoms with Crippen molar-refractivity contribution in [2.24, 2.45) is 0 Å². The van der Waals surface area contributed by atoms with Crippen molar-refractivity contribution in [3.8, 4) is 0 Å². The van der Waals surface area contributed by atoms with Crippen molar-refractivity contribution in [2.75, 3.05) is 25.1 Å². The average Bonchev–Trinajstić information content (AvgIpc) is 2.82. The van der Waals surface area contributed by atoms with E-state index in [2.05, 4.69) is 9.88 Å². The number of likely N-dealkylation sites (N-methyl/N-ethyl adjacent to an activating group) is 1. The van der Waals surface area contributed by atoms with E-state index in [0.29, 0.717) is 11.8 Å². The van der Waals surface area contributed by atoms with Gasteiger partial charge in [0.15, 0.2) is 0 Å². The number of nitrogens with zero attached hydrogens (tertiary/aromatic N) is 2. The van der Waals surface area contributed by atoms with Gasteiger partial charge in [0.25, 0.3) is 0 Å². The van der Waals surface area contributed by atoms with Gasteiger partial charge in [-0.3, -0.25) is 4.98 Å². The van der Waals surface area contributed by atoms with E-state index >= 15 is 0 Å². The summed E-state index contributed by atoms with van der Waals surface area (Å²) in [4.78, 5) is 6.39. The Labute approximate surface area is 102 Å². The van der Waals surface area contributed by atoms with Gasteiger partial charge in [0.05, 0.1) is 29.8 Å². The largest absolute Gasteiger partial charge is 0.387 e. The number of anilines is 1. The second kappa shape index (κ2) is 5.47. The van der Waals surface area contributed by atoms with Gasteiger partial charge in [-0.25, -0.2) is 0 Å². The molecule has 1 aromatic rings. The second-order valence-corrected chi connectivity index (χ2v) is 4.63. The van der Waals surface area contributed by atoms with Crippen molar-refractivity contribution in [1.29, 1.82) is 0 Å². The summed E-state index contributed by atoms with van der Waals surface area (Å²) < 4.78 is 5.60. The standard InChI is InChI=1S/C13H20N2O2/c1-10(16)13-6-5-11(8-14-13)15(2)9-12-4-3-7-17-12/h5-6,8,10,12,16H,3-4,7,9H2,1-2H3. The van der Waals surface area contributed by atoms with E-state index in [-0.39, 0.29) is 0 Å². The molecule has 0 aromatic carbocycles. The van der Waals surface area contributed by atoms with Crippen LogP contribution in [0.1, 0.15) is 31.6 Å². The third-order valence-corrected chi connectivity index (χ3v) is 3.14. The predicted molar refractivity (Wildman–Crippen MR) is 67.1 cm³/mol. The molecule has 0 aliphatic carbocycles. The molecule has 1 fully saturated rings. The van der Waals surface area contributed by atoms with Crippen LogP contribution in [0.4, 0.5) is 5.69 Å². The quantitative estimate of drug-likeness (QED) is 0.865. The molecule has 1 saturated heterocycles. The van der Waals surface area contributed by atoms with Crippen LogP contribution in [-0.4, -0.2) is 36.4 Å². The number of ether oxygens (including phenoxy) is 1. The number of aliphatic hydroxyl groups excluding tert-OH is 1. The van der Waals surface area contributed by atoms with Gasteiger partial charge in [-0.2, -0.15) is 0 Å². The van der Waals surface area contributed by atoms with Crippen LogP contribution in [0.5, 0.6) is 0 Å². The maximum absolute atomic E-state index is 9.39. The van der Waals surface area contributed by atoms with Gasteiger partial charge in [-0.1, -0.05) is 0 Å². The summed E-state index contributed by atoms with van der Waals surface area (Å²) in [5, 5.41) is 9.39. The third-order valence-electron chi connectivity index (χ3n) is 3.14. The minimum atomic E-state index is -0.507. The molecule has 2 unspecified atom stereocenters. The molecule has 2 heterocycles. The van der Waals surface area contributed by atoms with Gasteiger partial charge in [-0.15, -0.1) is 0 Å². The highest BCUT2D eigenvalue weighted by atomic mass is 16.5. The molecule has 17 heavy (non-hydrogen) atoms. The molecule has 0 radical (unpaired) electrons. The summed E-state index contributed by atoms with van der Waals surface area (Å²) in [7, 11) is 2.04. The molecular weight excluding hydrogens is 216 g/mol. The Balaban J connectivity index is 1.96. The van der Waals surface area contributed by atoms with Crippen LogP contribution >= 0.6 is 0 Å². The minimum Gasteiger partial charge on any atom is -0.387 e. The number of aromatic nitrogens is 1. The lowest BCUT2D eigenvalue weighted by molar-refractivity contribution is 0.116. The fourth-order valence-corrected chi connectivity index (χ4v) is 2.07. The molecule has 0 amide bonds. The van der Waals surface area contributed by atoms with Crippen LogP contribution in [0, 0.1) is 0 Å². The fraction of sp³-hybridized carbons (Fsp3) is 0.615. The van der Waals surface area contributed by atoms with Crippen LogP contribution in [0.15, 0.2) is 18.3 Å². The molecule has 2 atom stereocenters. The van der Waals surface area contributed by atoms with Gasteiger partial charge < -0.3 is 14.7 Å². The Kier molecular flexibility index (Phi) is 3.97. The Morgan fingerprint density at radius 1 is 1.59 bits per heavy atom. The molecule has 94 valence electrons. The number of hydrogen-bond acceptors (Lipinski definition) is 4. The van der Waals surface area contributed by atoms with Gasteiger partial charge in [-0.05, 0) is 31.9 Å². The third kappa shape index (κ3) is 3.17. The van der Waals surface area contributed by atoms with Gasteiger partial charge in [0.2, 0.25) is 0 Å². The normalized spacial score (nSPS) is 21.5. The van der Waals surface area contributed by atoms with E-state index in [1.54, 1.807) is 13.1 Å². The molecule has 2 rings (SSSR count). The first-order valence-electron chi connectivity index (χ1n) is 6.13.